The number of halogens is 5. The first-order valence-electron chi connectivity index (χ1n) is 6.92. The van der Waals surface area contributed by atoms with Crippen molar-refractivity contribution in [1.82, 2.24) is 14.7 Å². The van der Waals surface area contributed by atoms with Gasteiger partial charge in [-0.25, -0.2) is 4.39 Å². The van der Waals surface area contributed by atoms with Gasteiger partial charge >= 0.3 is 6.18 Å². The van der Waals surface area contributed by atoms with Crippen molar-refractivity contribution in [2.45, 2.75) is 12.7 Å². The third-order valence-electron chi connectivity index (χ3n) is 3.45. The molecule has 0 aliphatic carbocycles. The van der Waals surface area contributed by atoms with Gasteiger partial charge in [-0.15, -0.1) is 9.15 Å². The summed E-state index contributed by atoms with van der Waals surface area (Å²) < 4.78 is 55.0. The minimum atomic E-state index is -4.52. The number of para-hydroxylation sites is 1. The average Bonchev–Trinajstić information content (AvgIpc) is 2.89. The summed E-state index contributed by atoms with van der Waals surface area (Å²) in [7, 11) is 0. The highest BCUT2D eigenvalue weighted by atomic mass is 79.9. The van der Waals surface area contributed by atoms with E-state index in [1.54, 1.807) is 18.2 Å². The molecule has 0 amide bonds. The highest BCUT2D eigenvalue weighted by Crippen LogP contribution is 2.37. The van der Waals surface area contributed by atoms with E-state index in [9.17, 15) is 17.6 Å². The minimum absolute atomic E-state index is 0.0365. The molecule has 1 fully saturated rings. The quantitative estimate of drug-likeness (QED) is 0.620. The molecule has 1 radical (unpaired) electrons. The second-order valence-corrected chi connectivity index (χ2v) is 5.94. The molecule has 127 valence electrons. The van der Waals surface area contributed by atoms with Crippen molar-refractivity contribution in [3.63, 3.8) is 0 Å². The highest BCUT2D eigenvalue weighted by molar-refractivity contribution is 9.07. The summed E-state index contributed by atoms with van der Waals surface area (Å²) in [4.78, 5) is 0. The Labute approximate surface area is 144 Å². The van der Waals surface area contributed by atoms with E-state index in [-0.39, 0.29) is 18.9 Å². The van der Waals surface area contributed by atoms with Crippen LogP contribution in [0.15, 0.2) is 42.5 Å². The van der Waals surface area contributed by atoms with E-state index in [0.717, 1.165) is 6.07 Å². The first-order chi connectivity index (χ1) is 11.4. The van der Waals surface area contributed by atoms with Crippen LogP contribution < -0.4 is 10.5 Å². The minimum Gasteiger partial charge on any atom is -0.273 e. The summed E-state index contributed by atoms with van der Waals surface area (Å²) in [6.45, 7) is 0.118. The van der Waals surface area contributed by atoms with E-state index in [2.05, 4.69) is 27.7 Å². The fraction of sp³-hybridized carbons (Fsp3) is 0.200. The fourth-order valence-electron chi connectivity index (χ4n) is 2.38. The van der Waals surface area contributed by atoms with Crippen LogP contribution in [0.1, 0.15) is 11.1 Å². The monoisotopic (exact) mass is 403 g/mol. The van der Waals surface area contributed by atoms with Crippen molar-refractivity contribution >= 4 is 21.8 Å². The first kappa shape index (κ1) is 17.2. The molecule has 0 saturated carbocycles. The van der Waals surface area contributed by atoms with E-state index >= 15 is 0 Å². The topological polar surface area (TPSA) is 21.8 Å². The molecule has 0 aromatic heterocycles. The molecule has 1 aliphatic heterocycles. The predicted octanol–water partition coefficient (Wildman–Crippen LogP) is 3.87. The first-order valence-corrected chi connectivity index (χ1v) is 7.63. The third kappa shape index (κ3) is 3.54. The predicted molar refractivity (Wildman–Crippen MR) is 83.5 cm³/mol. The van der Waals surface area contributed by atoms with Crippen molar-refractivity contribution in [2.75, 3.05) is 11.7 Å². The van der Waals surface area contributed by atoms with Crippen LogP contribution in [0.4, 0.5) is 23.2 Å². The molecular formula is C15H12BrF4N4. The molecule has 1 heterocycles. The summed E-state index contributed by atoms with van der Waals surface area (Å²) in [5.74, 6) is -0.430. The molecule has 24 heavy (non-hydrogen) atoms. The van der Waals surface area contributed by atoms with Gasteiger partial charge in [0.15, 0.2) is 0 Å². The van der Waals surface area contributed by atoms with Crippen LogP contribution in [-0.4, -0.2) is 15.8 Å². The Morgan fingerprint density at radius 3 is 2.62 bits per heavy atom. The Hall–Kier alpha value is -1.68. The lowest BCUT2D eigenvalue weighted by atomic mass is 10.1. The maximum absolute atomic E-state index is 13.9. The van der Waals surface area contributed by atoms with Gasteiger partial charge in [0.2, 0.25) is 0 Å². The van der Waals surface area contributed by atoms with Gasteiger partial charge in [-0.05, 0) is 12.1 Å². The Bertz CT molecular complexity index is 725. The number of benzene rings is 2. The number of nitrogens with one attached hydrogen (secondary N) is 1. The van der Waals surface area contributed by atoms with Crippen LogP contribution >= 0.6 is 16.1 Å². The molecule has 9 heteroatoms. The largest absolute Gasteiger partial charge is 0.418 e. The molecule has 0 bridgehead atoms. The van der Waals surface area contributed by atoms with Gasteiger partial charge in [-0.2, -0.15) is 18.7 Å². The zero-order valence-electron chi connectivity index (χ0n) is 12.2. The highest BCUT2D eigenvalue weighted by Gasteiger charge is 2.38. The van der Waals surface area contributed by atoms with Crippen molar-refractivity contribution in [3.05, 3.63) is 65.5 Å². The lowest BCUT2D eigenvalue weighted by molar-refractivity contribution is -0.137. The summed E-state index contributed by atoms with van der Waals surface area (Å²) in [6, 6.07) is 12.4. The third-order valence-corrected chi connectivity index (χ3v) is 3.83. The lowest BCUT2D eigenvalue weighted by Crippen LogP contribution is -2.43. The number of rotatable bonds is 3. The smallest absolute Gasteiger partial charge is 0.273 e. The van der Waals surface area contributed by atoms with Crippen LogP contribution in [-0.2, 0) is 12.7 Å². The maximum Gasteiger partial charge on any atom is 0.418 e. The molecule has 1 saturated heterocycles. The van der Waals surface area contributed by atoms with Gasteiger partial charge in [0.25, 0.3) is 0 Å². The van der Waals surface area contributed by atoms with E-state index < -0.39 is 17.6 Å². The van der Waals surface area contributed by atoms with Crippen molar-refractivity contribution in [1.29, 1.82) is 0 Å². The molecular weight excluding hydrogens is 392 g/mol. The standard InChI is InChI=1S/C15H12BrF4N4/c16-23-10-22(14-8-4-2-6-12(14)15(18,19)20)24(21-23)9-11-5-1-3-7-13(11)17/h1-7,21H,9-10H2. The molecule has 1 N–H and O–H groups in total. The summed E-state index contributed by atoms with van der Waals surface area (Å²) in [6.07, 6.45) is -4.52. The van der Waals surface area contributed by atoms with Gasteiger partial charge in [0.05, 0.1) is 17.8 Å². The van der Waals surface area contributed by atoms with Crippen LogP contribution in [0.2, 0.25) is 0 Å². The van der Waals surface area contributed by atoms with E-state index in [4.69, 9.17) is 0 Å². The molecule has 0 spiro atoms. The molecule has 1 aliphatic rings. The Morgan fingerprint density at radius 2 is 1.92 bits per heavy atom. The normalized spacial score (nSPS) is 16.8. The average molecular weight is 404 g/mol. The number of nitrogens with zero attached hydrogens (tertiary/aromatic N) is 3. The summed E-state index contributed by atoms with van der Waals surface area (Å²) in [5, 5.41) is 2.72. The number of hydrazine groups is 3. The number of hydrogen-bond acceptors (Lipinski definition) is 4. The van der Waals surface area contributed by atoms with Gasteiger partial charge in [-0.1, -0.05) is 30.3 Å². The number of hydrogen-bond donors (Lipinski definition) is 1. The number of alkyl halides is 3. The molecule has 3 rings (SSSR count). The molecule has 4 nitrogen and oxygen atoms in total. The van der Waals surface area contributed by atoms with Crippen LogP contribution in [0.25, 0.3) is 0 Å². The van der Waals surface area contributed by atoms with Crippen LogP contribution in [0.3, 0.4) is 0 Å². The van der Waals surface area contributed by atoms with E-state index in [1.165, 1.54) is 32.4 Å². The van der Waals surface area contributed by atoms with Crippen molar-refractivity contribution in [2.24, 2.45) is 0 Å². The summed E-state index contributed by atoms with van der Waals surface area (Å²) in [5.41, 5.74) is 2.21. The Kier molecular flexibility index (Phi) is 4.77. The van der Waals surface area contributed by atoms with Crippen LogP contribution in [0.5, 0.6) is 0 Å². The second kappa shape index (κ2) is 6.67. The fourth-order valence-corrected chi connectivity index (χ4v) is 2.77. The van der Waals surface area contributed by atoms with Crippen molar-refractivity contribution < 1.29 is 17.6 Å². The van der Waals surface area contributed by atoms with Crippen LogP contribution in [0, 0.1) is 11.9 Å². The molecule has 0 unspecified atom stereocenters. The van der Waals surface area contributed by atoms with Crippen molar-refractivity contribution in [3.8, 4) is 0 Å². The zero-order valence-corrected chi connectivity index (χ0v) is 13.8. The number of anilines is 1. The molecule has 2 aromatic carbocycles. The molecule has 0 atom stereocenters. The van der Waals surface area contributed by atoms with Gasteiger partial charge < -0.3 is 0 Å². The SMILES string of the molecule is Fc1ccccc1CN1NN(Br)CN1c1[c]cccc1C(F)(F)F. The zero-order chi connectivity index (χ0) is 17.3. The Morgan fingerprint density at radius 1 is 1.17 bits per heavy atom. The van der Waals surface area contributed by atoms with Gasteiger partial charge in [0, 0.05) is 27.8 Å². The summed E-state index contributed by atoms with van der Waals surface area (Å²) >= 11 is 3.17. The maximum atomic E-state index is 13.9. The Balaban J connectivity index is 1.93. The lowest BCUT2D eigenvalue weighted by Gasteiger charge is -2.29. The van der Waals surface area contributed by atoms with E-state index in [0.29, 0.717) is 5.56 Å². The molecule has 2 aromatic rings. The second-order valence-electron chi connectivity index (χ2n) is 5.08. The van der Waals surface area contributed by atoms with Gasteiger partial charge in [-0.3, -0.25) is 5.01 Å². The van der Waals surface area contributed by atoms with Gasteiger partial charge in [0.1, 0.15) is 12.5 Å². The van der Waals surface area contributed by atoms with E-state index in [1.807, 2.05) is 0 Å².